The second-order valence-corrected chi connectivity index (χ2v) is 4.72. The minimum atomic E-state index is -1.71. The molecule has 2 N–H and O–H groups in total. The van der Waals surface area contributed by atoms with Gasteiger partial charge in [-0.3, -0.25) is 0 Å². The Kier molecular flexibility index (Phi) is 2.82. The number of anilines is 1. The van der Waals surface area contributed by atoms with Gasteiger partial charge in [0.15, 0.2) is 0 Å². The predicted octanol–water partition coefficient (Wildman–Crippen LogP) is 1.41. The lowest BCUT2D eigenvalue weighted by Crippen LogP contribution is -2.52. The second-order valence-electron chi connectivity index (χ2n) is 3.81. The maximum Gasteiger partial charge on any atom is 0.343 e. The highest BCUT2D eigenvalue weighted by Gasteiger charge is 2.51. The Hall–Kier alpha value is -1.56. The fourth-order valence-electron chi connectivity index (χ4n) is 1.90. The minimum Gasteiger partial charge on any atom is -0.479 e. The smallest absolute Gasteiger partial charge is 0.343 e. The van der Waals surface area contributed by atoms with E-state index in [1.165, 1.54) is 7.11 Å². The quantitative estimate of drug-likeness (QED) is 0.638. The van der Waals surface area contributed by atoms with E-state index >= 15 is 0 Å². The van der Waals surface area contributed by atoms with Gasteiger partial charge in [-0.15, -0.1) is 0 Å². The predicted molar refractivity (Wildman–Crippen MR) is 63.9 cm³/mol. The van der Waals surface area contributed by atoms with Gasteiger partial charge in [-0.2, -0.15) is 0 Å². The zero-order valence-electron chi connectivity index (χ0n) is 8.99. The molecule has 1 aromatic rings. The summed E-state index contributed by atoms with van der Waals surface area (Å²) in [6, 6.07) is 5.30. The molecule has 1 atom stereocenters. The van der Waals surface area contributed by atoms with Gasteiger partial charge in [-0.25, -0.2) is 9.59 Å². The molecule has 0 fully saturated rings. The van der Waals surface area contributed by atoms with E-state index < -0.39 is 17.5 Å². The van der Waals surface area contributed by atoms with Crippen molar-refractivity contribution in [2.75, 3.05) is 12.4 Å². The second kappa shape index (κ2) is 4.03. The molecule has 2 rings (SSSR count). The number of carbonyl (C=O) groups is 2. The summed E-state index contributed by atoms with van der Waals surface area (Å²) in [6.45, 7) is 0. The zero-order valence-corrected chi connectivity index (χ0v) is 10.6. The number of carboxylic acid groups (broad SMARTS) is 1. The van der Waals surface area contributed by atoms with E-state index in [0.717, 1.165) is 10.0 Å². The van der Waals surface area contributed by atoms with E-state index in [4.69, 9.17) is 0 Å². The molecule has 0 bridgehead atoms. The number of benzene rings is 1. The highest BCUT2D eigenvalue weighted by Crippen LogP contribution is 2.35. The molecule has 0 saturated heterocycles. The summed E-state index contributed by atoms with van der Waals surface area (Å²) in [5.74, 6) is -2.03. The van der Waals surface area contributed by atoms with Crippen LogP contribution in [0.4, 0.5) is 5.69 Å². The van der Waals surface area contributed by atoms with Gasteiger partial charge in [0.1, 0.15) is 0 Å². The van der Waals surface area contributed by atoms with E-state index in [1.807, 2.05) is 0 Å². The Bertz CT molecular complexity index is 502. The van der Waals surface area contributed by atoms with Gasteiger partial charge >= 0.3 is 11.9 Å². The third-order valence-corrected chi connectivity index (χ3v) is 3.26. The molecule has 0 saturated carbocycles. The van der Waals surface area contributed by atoms with E-state index in [2.05, 4.69) is 26.0 Å². The number of ether oxygens (including phenoxy) is 1. The molecule has 0 radical (unpaired) electrons. The van der Waals surface area contributed by atoms with Crippen molar-refractivity contribution in [3.05, 3.63) is 28.2 Å². The Morgan fingerprint density at radius 2 is 2.24 bits per heavy atom. The first-order valence-corrected chi connectivity index (χ1v) is 5.67. The molecule has 5 nitrogen and oxygen atoms in total. The molecule has 0 aromatic heterocycles. The number of halogens is 1. The Morgan fingerprint density at radius 3 is 2.82 bits per heavy atom. The lowest BCUT2D eigenvalue weighted by atomic mass is 9.95. The average molecular weight is 300 g/mol. The number of fused-ring (bicyclic) bond motifs is 1. The molecule has 1 heterocycles. The standard InChI is InChI=1S/C11H10BrNO4/c1-17-10(16)11(9(14)15)5-6-4-7(12)2-3-8(6)13-11/h2-4,13H,5H2,1H3,(H,14,15). The summed E-state index contributed by atoms with van der Waals surface area (Å²) in [5, 5.41) is 12.0. The van der Waals surface area contributed by atoms with Crippen LogP contribution < -0.4 is 5.32 Å². The van der Waals surface area contributed by atoms with Crippen molar-refractivity contribution in [2.45, 2.75) is 12.0 Å². The SMILES string of the molecule is COC(=O)C1(C(=O)O)Cc2cc(Br)ccc2N1. The summed E-state index contributed by atoms with van der Waals surface area (Å²) >= 11 is 3.30. The first-order valence-electron chi connectivity index (χ1n) is 4.88. The molecule has 1 aliphatic rings. The molecule has 1 aromatic carbocycles. The largest absolute Gasteiger partial charge is 0.479 e. The highest BCUT2D eigenvalue weighted by molar-refractivity contribution is 9.10. The minimum absolute atomic E-state index is 0.0732. The fraction of sp³-hybridized carbons (Fsp3) is 0.273. The van der Waals surface area contributed by atoms with Crippen LogP contribution >= 0.6 is 15.9 Å². The van der Waals surface area contributed by atoms with Gasteiger partial charge in [0.05, 0.1) is 7.11 Å². The number of carbonyl (C=O) groups excluding carboxylic acids is 1. The topological polar surface area (TPSA) is 75.6 Å². The molecular weight excluding hydrogens is 290 g/mol. The van der Waals surface area contributed by atoms with E-state index in [1.54, 1.807) is 18.2 Å². The van der Waals surface area contributed by atoms with Gasteiger partial charge in [0.25, 0.3) is 0 Å². The van der Waals surface area contributed by atoms with Crippen molar-refractivity contribution >= 4 is 33.6 Å². The maximum absolute atomic E-state index is 11.7. The Labute approximate surface area is 106 Å². The summed E-state index contributed by atoms with van der Waals surface area (Å²) in [6.07, 6.45) is 0.0732. The monoisotopic (exact) mass is 299 g/mol. The summed E-state index contributed by atoms with van der Waals surface area (Å²) in [7, 11) is 1.17. The van der Waals surface area contributed by atoms with Crippen molar-refractivity contribution < 1.29 is 19.4 Å². The van der Waals surface area contributed by atoms with E-state index in [0.29, 0.717) is 5.69 Å². The molecule has 1 unspecified atom stereocenters. The zero-order chi connectivity index (χ0) is 12.6. The van der Waals surface area contributed by atoms with Gasteiger partial charge in [-0.1, -0.05) is 15.9 Å². The number of hydrogen-bond donors (Lipinski definition) is 2. The molecule has 17 heavy (non-hydrogen) atoms. The summed E-state index contributed by atoms with van der Waals surface area (Å²) < 4.78 is 5.40. The number of carboxylic acids is 1. The molecule has 0 spiro atoms. The Balaban J connectivity index is 2.44. The van der Waals surface area contributed by atoms with Crippen LogP contribution in [0.5, 0.6) is 0 Å². The normalized spacial score (nSPS) is 21.5. The van der Waals surface area contributed by atoms with Gasteiger partial charge in [0, 0.05) is 16.6 Å². The van der Waals surface area contributed by atoms with Crippen LogP contribution in [0, 0.1) is 0 Å². The average Bonchev–Trinajstić information content (AvgIpc) is 2.67. The van der Waals surface area contributed by atoms with Crippen LogP contribution in [-0.4, -0.2) is 29.7 Å². The van der Waals surface area contributed by atoms with Crippen molar-refractivity contribution in [1.29, 1.82) is 0 Å². The van der Waals surface area contributed by atoms with Crippen LogP contribution in [0.3, 0.4) is 0 Å². The first-order chi connectivity index (χ1) is 7.99. The van der Waals surface area contributed by atoms with Gasteiger partial charge < -0.3 is 15.2 Å². The lowest BCUT2D eigenvalue weighted by molar-refractivity contribution is -0.157. The summed E-state index contributed by atoms with van der Waals surface area (Å²) in [4.78, 5) is 23.0. The number of hydrogen-bond acceptors (Lipinski definition) is 4. The number of rotatable bonds is 2. The third-order valence-electron chi connectivity index (χ3n) is 2.77. The van der Waals surface area contributed by atoms with Crippen molar-refractivity contribution in [2.24, 2.45) is 0 Å². The summed E-state index contributed by atoms with van der Waals surface area (Å²) in [5.41, 5.74) is -0.300. The molecule has 0 amide bonds. The molecule has 90 valence electrons. The molecular formula is C11H10BrNO4. The van der Waals surface area contributed by atoms with Crippen molar-refractivity contribution in [3.8, 4) is 0 Å². The van der Waals surface area contributed by atoms with Crippen LogP contribution in [0.2, 0.25) is 0 Å². The lowest BCUT2D eigenvalue weighted by Gasteiger charge is -2.21. The van der Waals surface area contributed by atoms with Crippen LogP contribution in [-0.2, 0) is 20.7 Å². The van der Waals surface area contributed by atoms with Crippen LogP contribution in [0.25, 0.3) is 0 Å². The fourth-order valence-corrected chi connectivity index (χ4v) is 2.31. The third kappa shape index (κ3) is 1.78. The number of nitrogens with one attached hydrogen (secondary N) is 1. The molecule has 1 aliphatic heterocycles. The number of esters is 1. The number of methoxy groups -OCH3 is 1. The maximum atomic E-state index is 11.7. The van der Waals surface area contributed by atoms with Crippen LogP contribution in [0.15, 0.2) is 22.7 Å². The van der Waals surface area contributed by atoms with Crippen molar-refractivity contribution in [1.82, 2.24) is 0 Å². The molecule has 6 heteroatoms. The molecule has 0 aliphatic carbocycles. The van der Waals surface area contributed by atoms with Gasteiger partial charge in [0.2, 0.25) is 5.54 Å². The first kappa shape index (κ1) is 11.9. The number of aliphatic carboxylic acids is 1. The Morgan fingerprint density at radius 1 is 1.53 bits per heavy atom. The highest BCUT2D eigenvalue weighted by atomic mass is 79.9. The van der Waals surface area contributed by atoms with E-state index in [-0.39, 0.29) is 6.42 Å². The van der Waals surface area contributed by atoms with Gasteiger partial charge in [-0.05, 0) is 23.8 Å². The van der Waals surface area contributed by atoms with Crippen LogP contribution in [0.1, 0.15) is 5.56 Å². The van der Waals surface area contributed by atoms with Crippen molar-refractivity contribution in [3.63, 3.8) is 0 Å². The van der Waals surface area contributed by atoms with E-state index in [9.17, 15) is 14.7 Å².